The minimum absolute atomic E-state index is 0.00113. The predicted molar refractivity (Wildman–Crippen MR) is 220 cm³/mol. The van der Waals surface area contributed by atoms with Crippen molar-refractivity contribution in [1.82, 2.24) is 5.32 Å². The quantitative estimate of drug-likeness (QED) is 0.211. The lowest BCUT2D eigenvalue weighted by Gasteiger charge is -2.53. The number of halogens is 2. The van der Waals surface area contributed by atoms with Gasteiger partial charge in [-0.2, -0.15) is 0 Å². The van der Waals surface area contributed by atoms with Crippen LogP contribution in [-0.4, -0.2) is 90.6 Å². The fourth-order valence-electron chi connectivity index (χ4n) is 8.52. The summed E-state index contributed by atoms with van der Waals surface area (Å²) in [4.78, 5) is 47.5. The average molecular weight is 840 g/mol. The number of carbonyl (C=O) groups is 3. The van der Waals surface area contributed by atoms with E-state index in [1.54, 1.807) is 46.2 Å². The standard InChI is InChI=1S/C23H29N3O5.C18H21N3O3.CH2Cl2/c1-21(2,3)31-20(28)25-22-7-9-23(10-8-22,30-15-22)11-12-26-17-13-16(24-4)5-6-18(17)29-14-19(26)27;1-20-13-2-3-15-14(10-13)21(16(22)11-23-15)9-8-18-6-4-17(19,5-7-18)12-24-18;2-1-3/h5-6,13H,7-12,14-15H2,1-3H3,(H,25,28);2-3,10H,4-9,11-12,19H2;1H2. The fraction of sp³-hybridized carbons (Fsp3) is 0.595. The molecule has 4 bridgehead atoms. The molecule has 58 heavy (non-hydrogen) atoms. The number of nitrogens with zero attached hydrogens (tertiary/aromatic N) is 4. The molecular weight excluding hydrogens is 787 g/mol. The molecule has 2 aromatic rings. The van der Waals surface area contributed by atoms with Crippen LogP contribution in [0.4, 0.5) is 27.5 Å². The van der Waals surface area contributed by atoms with E-state index in [4.69, 9.17) is 65.8 Å². The molecule has 2 aliphatic carbocycles. The van der Waals surface area contributed by atoms with Gasteiger partial charge in [0, 0.05) is 18.6 Å². The SMILES string of the molecule is ClCCl.[C-]#[N+]c1ccc2c(c1)N(CCC13CCC(N)(CC1)CO3)C(=O)CO2.[C-]#[N+]c1ccc2c(c1)N(CCC13CCC(NC(=O)OC(C)(C)C)(CC1)CO3)C(=O)CO2. The minimum Gasteiger partial charge on any atom is -0.482 e. The molecule has 2 saturated carbocycles. The zero-order chi connectivity index (χ0) is 41.8. The number of alkyl carbamates (subject to hydrolysis) is 1. The number of amides is 3. The van der Waals surface area contributed by atoms with Gasteiger partial charge in [-0.3, -0.25) is 9.59 Å². The van der Waals surface area contributed by atoms with Crippen molar-refractivity contribution in [2.75, 3.05) is 54.7 Å². The Labute approximate surface area is 350 Å². The van der Waals surface area contributed by atoms with Crippen LogP contribution in [0.5, 0.6) is 11.5 Å². The van der Waals surface area contributed by atoms with Gasteiger partial charge in [0.2, 0.25) is 0 Å². The normalized spacial score (nSPS) is 27.8. The molecule has 3 amide bonds. The summed E-state index contributed by atoms with van der Waals surface area (Å²) in [6.07, 6.45) is 8.24. The first-order chi connectivity index (χ1) is 27.6. The number of carbonyl (C=O) groups excluding carboxylic acids is 3. The number of fused-ring (bicyclic) bond motifs is 8. The van der Waals surface area contributed by atoms with Gasteiger partial charge in [0.05, 0.1) is 59.8 Å². The molecule has 2 aromatic carbocycles. The highest BCUT2D eigenvalue weighted by molar-refractivity contribution is 6.40. The summed E-state index contributed by atoms with van der Waals surface area (Å²) in [6, 6.07) is 10.3. The maximum absolute atomic E-state index is 12.5. The Hall–Kier alpha value is -4.31. The van der Waals surface area contributed by atoms with Gasteiger partial charge < -0.3 is 44.5 Å². The molecule has 16 heteroatoms. The molecule has 6 aliphatic heterocycles. The van der Waals surface area contributed by atoms with Crippen molar-refractivity contribution in [1.29, 1.82) is 0 Å². The lowest BCUT2D eigenvalue weighted by molar-refractivity contribution is -0.163. The first-order valence-corrected chi connectivity index (χ1v) is 20.7. The topological polar surface area (TPSA) is 151 Å². The molecule has 0 radical (unpaired) electrons. The Balaban J connectivity index is 0.000000188. The fourth-order valence-corrected chi connectivity index (χ4v) is 8.52. The number of hydrogen-bond donors (Lipinski definition) is 2. The molecule has 10 rings (SSSR count). The molecule has 0 unspecified atom stereocenters. The van der Waals surface area contributed by atoms with E-state index in [9.17, 15) is 14.4 Å². The highest BCUT2D eigenvalue weighted by Crippen LogP contribution is 2.47. The van der Waals surface area contributed by atoms with E-state index in [1.165, 1.54) is 0 Å². The molecule has 14 nitrogen and oxygen atoms in total. The van der Waals surface area contributed by atoms with Gasteiger partial charge in [-0.05, 0) is 109 Å². The van der Waals surface area contributed by atoms with Crippen LogP contribution in [0.2, 0.25) is 0 Å². The van der Waals surface area contributed by atoms with E-state index >= 15 is 0 Å². The first kappa shape index (κ1) is 43.3. The smallest absolute Gasteiger partial charge is 0.408 e. The second-order valence-corrected chi connectivity index (χ2v) is 17.8. The number of anilines is 2. The summed E-state index contributed by atoms with van der Waals surface area (Å²) < 4.78 is 28.8. The zero-order valence-corrected chi connectivity index (χ0v) is 34.9. The Morgan fingerprint density at radius 2 is 1.24 bits per heavy atom. The van der Waals surface area contributed by atoms with Crippen LogP contribution in [-0.2, 0) is 23.8 Å². The predicted octanol–water partition coefficient (Wildman–Crippen LogP) is 7.77. The second-order valence-electron chi connectivity index (χ2n) is 17.0. The maximum Gasteiger partial charge on any atom is 0.408 e. The molecule has 4 saturated heterocycles. The van der Waals surface area contributed by atoms with Crippen molar-refractivity contribution < 1.29 is 38.1 Å². The summed E-state index contributed by atoms with van der Waals surface area (Å²) in [5, 5.41) is 3.23. The van der Waals surface area contributed by atoms with Crippen molar-refractivity contribution in [3.05, 3.63) is 59.2 Å². The molecule has 6 heterocycles. The third-order valence-corrected chi connectivity index (χ3v) is 12.0. The monoisotopic (exact) mass is 838 g/mol. The molecule has 0 aromatic heterocycles. The van der Waals surface area contributed by atoms with E-state index in [-0.39, 0.29) is 52.6 Å². The molecule has 312 valence electrons. The van der Waals surface area contributed by atoms with Crippen LogP contribution in [0.15, 0.2) is 36.4 Å². The summed E-state index contributed by atoms with van der Waals surface area (Å²) in [7, 11) is 0. The van der Waals surface area contributed by atoms with Crippen LogP contribution in [0.1, 0.15) is 85.0 Å². The number of nitrogens with two attached hydrogens (primary N) is 1. The largest absolute Gasteiger partial charge is 0.482 e. The highest BCUT2D eigenvalue weighted by atomic mass is 35.5. The Kier molecular flexibility index (Phi) is 13.1. The zero-order valence-electron chi connectivity index (χ0n) is 33.4. The van der Waals surface area contributed by atoms with Gasteiger partial charge in [0.1, 0.15) is 17.1 Å². The Morgan fingerprint density at radius 3 is 1.62 bits per heavy atom. The van der Waals surface area contributed by atoms with E-state index in [1.807, 2.05) is 20.8 Å². The molecule has 6 fully saturated rings. The highest BCUT2D eigenvalue weighted by Gasteiger charge is 2.51. The van der Waals surface area contributed by atoms with Crippen molar-refractivity contribution >= 4 is 63.9 Å². The van der Waals surface area contributed by atoms with Crippen molar-refractivity contribution in [2.45, 2.75) is 113 Å². The molecule has 3 N–H and O–H groups in total. The van der Waals surface area contributed by atoms with Crippen molar-refractivity contribution in [3.8, 4) is 11.5 Å². The van der Waals surface area contributed by atoms with Crippen molar-refractivity contribution in [3.63, 3.8) is 0 Å². The van der Waals surface area contributed by atoms with Crippen LogP contribution in [0.3, 0.4) is 0 Å². The lowest BCUT2D eigenvalue weighted by atomic mass is 9.70. The van der Waals surface area contributed by atoms with E-state index in [2.05, 4.69) is 15.0 Å². The third kappa shape index (κ3) is 9.92. The van der Waals surface area contributed by atoms with Crippen LogP contribution in [0.25, 0.3) is 9.69 Å². The number of benzene rings is 2. The van der Waals surface area contributed by atoms with E-state index < -0.39 is 11.7 Å². The maximum atomic E-state index is 12.5. The second kappa shape index (κ2) is 17.5. The van der Waals surface area contributed by atoms with Gasteiger partial charge in [0.25, 0.3) is 11.8 Å². The van der Waals surface area contributed by atoms with E-state index in [0.29, 0.717) is 67.0 Å². The Bertz CT molecular complexity index is 1910. The third-order valence-electron chi connectivity index (χ3n) is 12.0. The van der Waals surface area contributed by atoms with Crippen molar-refractivity contribution in [2.24, 2.45) is 5.73 Å². The van der Waals surface area contributed by atoms with Gasteiger partial charge in [0.15, 0.2) is 24.6 Å². The number of nitrogens with one attached hydrogen (secondary N) is 1. The Morgan fingerprint density at radius 1 is 0.793 bits per heavy atom. The van der Waals surface area contributed by atoms with Gasteiger partial charge in [-0.1, -0.05) is 12.1 Å². The number of rotatable bonds is 7. The van der Waals surface area contributed by atoms with Crippen LogP contribution in [0, 0.1) is 13.1 Å². The van der Waals surface area contributed by atoms with Gasteiger partial charge in [-0.25, -0.2) is 14.5 Å². The van der Waals surface area contributed by atoms with E-state index in [0.717, 1.165) is 57.8 Å². The molecule has 0 spiro atoms. The summed E-state index contributed by atoms with van der Waals surface area (Å²) in [6.45, 7) is 22.1. The number of ether oxygens (including phenoxy) is 5. The minimum atomic E-state index is -0.539. The molecular formula is C42H52Cl2N6O8. The lowest BCUT2D eigenvalue weighted by Crippen LogP contribution is -2.63. The van der Waals surface area contributed by atoms with Crippen LogP contribution < -0.4 is 30.3 Å². The number of alkyl halides is 2. The van der Waals surface area contributed by atoms with Crippen LogP contribution >= 0.6 is 23.2 Å². The molecule has 8 aliphatic rings. The summed E-state index contributed by atoms with van der Waals surface area (Å²) in [5.74, 6) is 1.10. The first-order valence-electron chi connectivity index (χ1n) is 19.7. The molecule has 0 atom stereocenters. The number of hydrogen-bond acceptors (Lipinski definition) is 9. The summed E-state index contributed by atoms with van der Waals surface area (Å²) in [5.41, 5.74) is 7.08. The average Bonchev–Trinajstić information content (AvgIpc) is 3.21. The van der Waals surface area contributed by atoms with Gasteiger partial charge in [-0.15, -0.1) is 23.2 Å². The van der Waals surface area contributed by atoms with Gasteiger partial charge >= 0.3 is 6.09 Å². The summed E-state index contributed by atoms with van der Waals surface area (Å²) >= 11 is 9.53.